The summed E-state index contributed by atoms with van der Waals surface area (Å²) in [6.07, 6.45) is -0.711. The first-order valence-corrected chi connectivity index (χ1v) is 8.98. The standard InChI is InChI=1S/C16H17N3O5S/c20-14-8-25-13-2-1-10(3-12(13)17-14)19-7-11(24-16(19)23)6-18-4-9(5-18)15(21)22/h1-3,9,11H,4-8H2,(H,17,20)(H,21,22). The number of anilines is 2. The van der Waals surface area contributed by atoms with E-state index in [1.165, 1.54) is 11.8 Å². The summed E-state index contributed by atoms with van der Waals surface area (Å²) < 4.78 is 5.40. The SMILES string of the molecule is O=C1CSc2ccc(N3CC(CN4CC(C(=O)O)C4)OC3=O)cc2N1. The molecule has 0 aliphatic carbocycles. The topological polar surface area (TPSA) is 99.2 Å². The highest BCUT2D eigenvalue weighted by Crippen LogP contribution is 2.35. The first-order chi connectivity index (χ1) is 12.0. The Kier molecular flexibility index (Phi) is 4.04. The van der Waals surface area contributed by atoms with Crippen LogP contribution >= 0.6 is 11.8 Å². The van der Waals surface area contributed by atoms with Gasteiger partial charge in [0, 0.05) is 30.2 Å². The maximum Gasteiger partial charge on any atom is 0.414 e. The molecule has 3 aliphatic heterocycles. The van der Waals surface area contributed by atoms with Crippen LogP contribution in [0.5, 0.6) is 0 Å². The second kappa shape index (κ2) is 6.23. The van der Waals surface area contributed by atoms with Gasteiger partial charge in [-0.05, 0) is 18.2 Å². The maximum absolute atomic E-state index is 12.2. The minimum Gasteiger partial charge on any atom is -0.481 e. The number of carboxylic acids is 1. The van der Waals surface area contributed by atoms with Gasteiger partial charge in [-0.15, -0.1) is 11.8 Å². The second-order valence-electron chi connectivity index (χ2n) is 6.39. The number of fused-ring (bicyclic) bond motifs is 1. The van der Waals surface area contributed by atoms with Gasteiger partial charge in [0.2, 0.25) is 5.91 Å². The molecule has 1 aromatic rings. The number of amides is 2. The maximum atomic E-state index is 12.2. The fourth-order valence-corrected chi connectivity index (χ4v) is 4.02. The van der Waals surface area contributed by atoms with Crippen LogP contribution in [0.2, 0.25) is 0 Å². The Morgan fingerprint density at radius 1 is 1.32 bits per heavy atom. The molecule has 2 N–H and O–H groups in total. The summed E-state index contributed by atoms with van der Waals surface area (Å²) in [5, 5.41) is 11.7. The van der Waals surface area contributed by atoms with E-state index in [4.69, 9.17) is 9.84 Å². The number of rotatable bonds is 4. The van der Waals surface area contributed by atoms with E-state index in [1.807, 2.05) is 17.0 Å². The zero-order chi connectivity index (χ0) is 17.6. The number of thioether (sulfide) groups is 1. The third-order valence-corrected chi connectivity index (χ3v) is 5.62. The Morgan fingerprint density at radius 3 is 2.88 bits per heavy atom. The molecule has 132 valence electrons. The number of benzene rings is 1. The molecule has 4 rings (SSSR count). The van der Waals surface area contributed by atoms with Crippen LogP contribution < -0.4 is 10.2 Å². The van der Waals surface area contributed by atoms with Gasteiger partial charge in [0.25, 0.3) is 0 Å². The average molecular weight is 363 g/mol. The van der Waals surface area contributed by atoms with E-state index in [-0.39, 0.29) is 17.9 Å². The van der Waals surface area contributed by atoms with E-state index < -0.39 is 12.1 Å². The summed E-state index contributed by atoms with van der Waals surface area (Å²) in [7, 11) is 0. The monoisotopic (exact) mass is 363 g/mol. The lowest BCUT2D eigenvalue weighted by Crippen LogP contribution is -2.53. The van der Waals surface area contributed by atoms with Gasteiger partial charge in [0.15, 0.2) is 0 Å². The van der Waals surface area contributed by atoms with Crippen molar-refractivity contribution in [3.63, 3.8) is 0 Å². The average Bonchev–Trinajstić information content (AvgIpc) is 2.90. The fourth-order valence-electron chi connectivity index (χ4n) is 3.23. The smallest absolute Gasteiger partial charge is 0.414 e. The number of ether oxygens (including phenoxy) is 1. The second-order valence-corrected chi connectivity index (χ2v) is 7.40. The van der Waals surface area contributed by atoms with Crippen LogP contribution in [0.1, 0.15) is 0 Å². The molecule has 0 radical (unpaired) electrons. The van der Waals surface area contributed by atoms with Gasteiger partial charge in [-0.1, -0.05) is 0 Å². The zero-order valence-corrected chi connectivity index (χ0v) is 14.1. The Bertz CT molecular complexity index is 749. The molecule has 0 spiro atoms. The molecule has 8 nitrogen and oxygen atoms in total. The van der Waals surface area contributed by atoms with E-state index >= 15 is 0 Å². The number of hydrogen-bond donors (Lipinski definition) is 2. The van der Waals surface area contributed by atoms with Crippen molar-refractivity contribution in [1.29, 1.82) is 0 Å². The van der Waals surface area contributed by atoms with Crippen molar-refractivity contribution in [2.45, 2.75) is 11.0 Å². The van der Waals surface area contributed by atoms with Crippen LogP contribution in [-0.4, -0.2) is 66.0 Å². The zero-order valence-electron chi connectivity index (χ0n) is 13.3. The summed E-state index contributed by atoms with van der Waals surface area (Å²) in [6.45, 7) is 1.92. The summed E-state index contributed by atoms with van der Waals surface area (Å²) in [4.78, 5) is 39.0. The number of nitrogens with one attached hydrogen (secondary N) is 1. The summed E-state index contributed by atoms with van der Waals surface area (Å²) in [5.74, 6) is -0.764. The van der Waals surface area contributed by atoms with Gasteiger partial charge in [-0.25, -0.2) is 4.79 Å². The van der Waals surface area contributed by atoms with E-state index in [2.05, 4.69) is 5.32 Å². The number of carboxylic acid groups (broad SMARTS) is 1. The van der Waals surface area contributed by atoms with Gasteiger partial charge >= 0.3 is 12.1 Å². The number of aliphatic carboxylic acids is 1. The lowest BCUT2D eigenvalue weighted by Gasteiger charge is -2.37. The van der Waals surface area contributed by atoms with Gasteiger partial charge in [-0.2, -0.15) is 0 Å². The predicted molar refractivity (Wildman–Crippen MR) is 91.0 cm³/mol. The molecule has 0 bridgehead atoms. The van der Waals surface area contributed by atoms with Crippen molar-refractivity contribution in [3.05, 3.63) is 18.2 Å². The predicted octanol–water partition coefficient (Wildman–Crippen LogP) is 1.07. The molecule has 1 atom stereocenters. The van der Waals surface area contributed by atoms with E-state index in [9.17, 15) is 14.4 Å². The minimum absolute atomic E-state index is 0.0534. The summed E-state index contributed by atoms with van der Waals surface area (Å²) in [6, 6.07) is 5.52. The third-order valence-electron chi connectivity index (χ3n) is 4.55. The number of nitrogens with zero attached hydrogens (tertiary/aromatic N) is 2. The van der Waals surface area contributed by atoms with Crippen LogP contribution in [0.4, 0.5) is 16.2 Å². The van der Waals surface area contributed by atoms with Crippen molar-refractivity contribution in [2.24, 2.45) is 5.92 Å². The third kappa shape index (κ3) is 3.16. The van der Waals surface area contributed by atoms with Gasteiger partial charge < -0.3 is 15.2 Å². The molecular formula is C16H17N3O5S. The van der Waals surface area contributed by atoms with Crippen molar-refractivity contribution in [3.8, 4) is 0 Å². The largest absolute Gasteiger partial charge is 0.481 e. The summed E-state index contributed by atoms with van der Waals surface area (Å²) in [5.41, 5.74) is 1.39. The molecule has 0 saturated carbocycles. The van der Waals surface area contributed by atoms with E-state index in [0.29, 0.717) is 43.3 Å². The Morgan fingerprint density at radius 2 is 2.12 bits per heavy atom. The van der Waals surface area contributed by atoms with Gasteiger partial charge in [-0.3, -0.25) is 19.4 Å². The van der Waals surface area contributed by atoms with E-state index in [0.717, 1.165) is 4.90 Å². The first-order valence-electron chi connectivity index (χ1n) is 7.99. The van der Waals surface area contributed by atoms with Crippen LogP contribution in [0.15, 0.2) is 23.1 Å². The van der Waals surface area contributed by atoms with Gasteiger partial charge in [0.1, 0.15) is 6.10 Å². The molecule has 2 amide bonds. The normalized spacial score (nSPS) is 23.7. The van der Waals surface area contributed by atoms with Crippen molar-refractivity contribution >= 4 is 41.1 Å². The van der Waals surface area contributed by atoms with Crippen LogP contribution in [0, 0.1) is 5.92 Å². The van der Waals surface area contributed by atoms with E-state index in [1.54, 1.807) is 11.0 Å². The van der Waals surface area contributed by atoms with Crippen LogP contribution in [-0.2, 0) is 14.3 Å². The summed E-state index contributed by atoms with van der Waals surface area (Å²) >= 11 is 1.47. The molecule has 2 fully saturated rings. The molecule has 3 heterocycles. The Hall–Kier alpha value is -2.26. The highest BCUT2D eigenvalue weighted by atomic mass is 32.2. The van der Waals surface area contributed by atoms with Crippen molar-refractivity contribution in [1.82, 2.24) is 4.90 Å². The van der Waals surface area contributed by atoms with Crippen LogP contribution in [0.3, 0.4) is 0 Å². The first kappa shape index (κ1) is 16.2. The quantitative estimate of drug-likeness (QED) is 0.825. The lowest BCUT2D eigenvalue weighted by atomic mass is 10.0. The number of carbonyl (C=O) groups excluding carboxylic acids is 2. The number of carbonyl (C=O) groups is 3. The van der Waals surface area contributed by atoms with Crippen LogP contribution in [0.25, 0.3) is 0 Å². The Balaban J connectivity index is 1.40. The molecule has 25 heavy (non-hydrogen) atoms. The fraction of sp³-hybridized carbons (Fsp3) is 0.438. The highest BCUT2D eigenvalue weighted by Gasteiger charge is 2.38. The number of likely N-dealkylation sites (tertiary alicyclic amines) is 1. The molecule has 9 heteroatoms. The number of cyclic esters (lactones) is 1. The molecular weight excluding hydrogens is 346 g/mol. The Labute approximate surface area is 148 Å². The molecule has 3 aliphatic rings. The van der Waals surface area contributed by atoms with Gasteiger partial charge in [0.05, 0.1) is 23.9 Å². The molecule has 2 saturated heterocycles. The molecule has 1 aromatic carbocycles. The number of hydrogen-bond acceptors (Lipinski definition) is 6. The lowest BCUT2D eigenvalue weighted by molar-refractivity contribution is -0.148. The molecule has 0 aromatic heterocycles. The highest BCUT2D eigenvalue weighted by molar-refractivity contribution is 8.00. The minimum atomic E-state index is -0.782. The molecule has 1 unspecified atom stereocenters. The van der Waals surface area contributed by atoms with Crippen molar-refractivity contribution in [2.75, 3.05) is 42.1 Å². The van der Waals surface area contributed by atoms with Crippen molar-refractivity contribution < 1.29 is 24.2 Å².